The summed E-state index contributed by atoms with van der Waals surface area (Å²) in [4.78, 5) is 21.2. The molecule has 2 heterocycles. The van der Waals surface area contributed by atoms with E-state index < -0.39 is 0 Å². The molecule has 0 saturated heterocycles. The van der Waals surface area contributed by atoms with Gasteiger partial charge >= 0.3 is 0 Å². The van der Waals surface area contributed by atoms with Crippen molar-refractivity contribution in [3.05, 3.63) is 16.4 Å². The molecule has 0 aliphatic heterocycles. The summed E-state index contributed by atoms with van der Waals surface area (Å²) < 4.78 is 0. The third kappa shape index (κ3) is 4.43. The Labute approximate surface area is 131 Å². The van der Waals surface area contributed by atoms with Crippen LogP contribution in [0.3, 0.4) is 0 Å². The number of rotatable bonds is 7. The first-order valence-electron chi connectivity index (χ1n) is 6.61. The quantitative estimate of drug-likeness (QED) is 0.531. The predicted octanol–water partition coefficient (Wildman–Crippen LogP) is 1.83. The largest absolute Gasteiger partial charge is 0.362 e. The first-order chi connectivity index (χ1) is 10.1. The van der Waals surface area contributed by atoms with E-state index in [0.29, 0.717) is 16.6 Å². The second-order valence-corrected chi connectivity index (χ2v) is 6.33. The number of carbonyl (C=O) groups excluding carboxylic acids is 1. The molecule has 0 aliphatic rings. The second kappa shape index (κ2) is 7.41. The molecule has 0 spiro atoms. The molecule has 1 amide bonds. The summed E-state index contributed by atoms with van der Waals surface area (Å²) in [6.45, 7) is 7.05. The molecule has 2 aromatic rings. The number of hydrogen-bond acceptors (Lipinski definition) is 7. The lowest BCUT2D eigenvalue weighted by molar-refractivity contribution is 0.0959. The Morgan fingerprint density at radius 3 is 2.86 bits per heavy atom. The Bertz CT molecular complexity index is 609. The van der Waals surface area contributed by atoms with Crippen LogP contribution in [-0.4, -0.2) is 44.9 Å². The highest BCUT2D eigenvalue weighted by atomic mass is 32.2. The van der Waals surface area contributed by atoms with E-state index in [0.717, 1.165) is 28.9 Å². The minimum Gasteiger partial charge on any atom is -0.362 e. The van der Waals surface area contributed by atoms with Crippen molar-refractivity contribution in [1.82, 2.24) is 25.5 Å². The number of thioether (sulfide) groups is 1. The van der Waals surface area contributed by atoms with Gasteiger partial charge in [-0.25, -0.2) is 9.97 Å². The predicted molar refractivity (Wildman–Crippen MR) is 85.2 cm³/mol. The van der Waals surface area contributed by atoms with Crippen LogP contribution in [-0.2, 0) is 0 Å². The number of nitrogens with zero attached hydrogens (tertiary/aromatic N) is 3. The fraction of sp³-hybridized carbons (Fsp3) is 0.500. The molecule has 3 N–H and O–H groups in total. The Hall–Kier alpha value is -1.61. The van der Waals surface area contributed by atoms with Gasteiger partial charge in [0.15, 0.2) is 5.13 Å². The summed E-state index contributed by atoms with van der Waals surface area (Å²) in [5.74, 6) is 1.43. The molecule has 0 radical (unpaired) electrons. The molecule has 21 heavy (non-hydrogen) atoms. The zero-order valence-corrected chi connectivity index (χ0v) is 13.8. The number of H-pyrrole nitrogens is 1. The smallest absolute Gasteiger partial charge is 0.263 e. The van der Waals surface area contributed by atoms with Crippen LogP contribution in [0.15, 0.2) is 5.16 Å². The molecule has 9 heteroatoms. The highest BCUT2D eigenvalue weighted by Gasteiger charge is 2.14. The van der Waals surface area contributed by atoms with E-state index in [2.05, 4.69) is 30.8 Å². The number of aromatic nitrogens is 4. The van der Waals surface area contributed by atoms with E-state index in [-0.39, 0.29) is 5.91 Å². The van der Waals surface area contributed by atoms with Crippen LogP contribution < -0.4 is 10.6 Å². The van der Waals surface area contributed by atoms with Gasteiger partial charge in [0.25, 0.3) is 5.91 Å². The lowest BCUT2D eigenvalue weighted by Crippen LogP contribution is -2.25. The lowest BCUT2D eigenvalue weighted by atomic mass is 10.4. The average molecular weight is 326 g/mol. The number of thiazole rings is 1. The van der Waals surface area contributed by atoms with Gasteiger partial charge in [0.1, 0.15) is 10.7 Å². The summed E-state index contributed by atoms with van der Waals surface area (Å²) >= 11 is 2.88. The van der Waals surface area contributed by atoms with Crippen molar-refractivity contribution in [3.8, 4) is 0 Å². The molecule has 2 aromatic heterocycles. The fourth-order valence-electron chi connectivity index (χ4n) is 1.61. The minimum absolute atomic E-state index is 0.0825. The van der Waals surface area contributed by atoms with E-state index in [1.165, 1.54) is 23.1 Å². The molecular formula is C12H18N6OS2. The summed E-state index contributed by atoms with van der Waals surface area (Å²) in [7, 11) is 0. The van der Waals surface area contributed by atoms with Gasteiger partial charge in [-0.05, 0) is 20.8 Å². The SMILES string of the molecule is CCNc1nc(C)c(C(=O)NCCSc2n[nH]c(C)n2)s1. The van der Waals surface area contributed by atoms with E-state index in [4.69, 9.17) is 0 Å². The van der Waals surface area contributed by atoms with Crippen molar-refractivity contribution in [2.45, 2.75) is 25.9 Å². The molecule has 114 valence electrons. The Balaban J connectivity index is 1.79. The third-order valence-corrected chi connectivity index (χ3v) is 4.49. The topological polar surface area (TPSA) is 95.6 Å². The molecule has 0 bridgehead atoms. The molecule has 0 unspecified atom stereocenters. The number of hydrogen-bond donors (Lipinski definition) is 3. The molecular weight excluding hydrogens is 308 g/mol. The van der Waals surface area contributed by atoms with Gasteiger partial charge in [-0.15, -0.1) is 5.10 Å². The van der Waals surface area contributed by atoms with Crippen molar-refractivity contribution in [3.63, 3.8) is 0 Å². The maximum Gasteiger partial charge on any atom is 0.263 e. The number of nitrogens with one attached hydrogen (secondary N) is 3. The highest BCUT2D eigenvalue weighted by Crippen LogP contribution is 2.22. The van der Waals surface area contributed by atoms with Crippen molar-refractivity contribution in [2.75, 3.05) is 24.2 Å². The molecule has 2 rings (SSSR count). The number of aromatic amines is 1. The maximum atomic E-state index is 12.1. The molecule has 0 atom stereocenters. The summed E-state index contributed by atoms with van der Waals surface area (Å²) in [5, 5.41) is 14.3. The zero-order chi connectivity index (χ0) is 15.2. The van der Waals surface area contributed by atoms with Gasteiger partial charge in [0.05, 0.1) is 5.69 Å². The van der Waals surface area contributed by atoms with Crippen LogP contribution in [0.4, 0.5) is 5.13 Å². The summed E-state index contributed by atoms with van der Waals surface area (Å²) in [5.41, 5.74) is 0.755. The number of amides is 1. The Kier molecular flexibility index (Phi) is 5.57. The van der Waals surface area contributed by atoms with Crippen LogP contribution in [0.5, 0.6) is 0 Å². The maximum absolute atomic E-state index is 12.1. The first kappa shape index (κ1) is 15.8. The van der Waals surface area contributed by atoms with Crippen LogP contribution >= 0.6 is 23.1 Å². The van der Waals surface area contributed by atoms with Crippen LogP contribution in [0.25, 0.3) is 0 Å². The van der Waals surface area contributed by atoms with Gasteiger partial charge in [-0.2, -0.15) is 0 Å². The van der Waals surface area contributed by atoms with Gasteiger partial charge < -0.3 is 10.6 Å². The summed E-state index contributed by atoms with van der Waals surface area (Å²) in [6.07, 6.45) is 0. The van der Waals surface area contributed by atoms with E-state index in [9.17, 15) is 4.79 Å². The van der Waals surface area contributed by atoms with Crippen molar-refractivity contribution in [1.29, 1.82) is 0 Å². The monoisotopic (exact) mass is 326 g/mol. The molecule has 0 aliphatic carbocycles. The standard InChI is InChI=1S/C12H18N6OS2/c1-4-13-11-15-7(2)9(21-11)10(19)14-5-6-20-12-16-8(3)17-18-12/h4-6H2,1-3H3,(H,13,15)(H,14,19)(H,16,17,18). The number of aryl methyl sites for hydroxylation is 2. The average Bonchev–Trinajstić information content (AvgIpc) is 3.01. The van der Waals surface area contributed by atoms with Gasteiger partial charge in [0, 0.05) is 18.8 Å². The molecule has 0 fully saturated rings. The minimum atomic E-state index is -0.0825. The molecule has 7 nitrogen and oxygen atoms in total. The number of anilines is 1. The van der Waals surface area contributed by atoms with Gasteiger partial charge in [-0.3, -0.25) is 9.89 Å². The van der Waals surface area contributed by atoms with Gasteiger partial charge in [-0.1, -0.05) is 23.1 Å². The van der Waals surface area contributed by atoms with E-state index in [1.54, 1.807) is 0 Å². The molecule has 0 saturated carbocycles. The van der Waals surface area contributed by atoms with Crippen molar-refractivity contribution < 1.29 is 4.79 Å². The first-order valence-corrected chi connectivity index (χ1v) is 8.41. The van der Waals surface area contributed by atoms with Crippen LogP contribution in [0.2, 0.25) is 0 Å². The molecule has 0 aromatic carbocycles. The summed E-state index contributed by atoms with van der Waals surface area (Å²) in [6, 6.07) is 0. The van der Waals surface area contributed by atoms with Crippen molar-refractivity contribution in [2.24, 2.45) is 0 Å². The Morgan fingerprint density at radius 1 is 1.38 bits per heavy atom. The second-order valence-electron chi connectivity index (χ2n) is 4.27. The van der Waals surface area contributed by atoms with Crippen LogP contribution in [0, 0.1) is 13.8 Å². The van der Waals surface area contributed by atoms with E-state index >= 15 is 0 Å². The number of carbonyl (C=O) groups is 1. The third-order valence-electron chi connectivity index (χ3n) is 2.53. The lowest BCUT2D eigenvalue weighted by Gasteiger charge is -2.02. The Morgan fingerprint density at radius 2 is 2.19 bits per heavy atom. The van der Waals surface area contributed by atoms with E-state index in [1.807, 2.05) is 20.8 Å². The fourth-order valence-corrected chi connectivity index (χ4v) is 3.26. The van der Waals surface area contributed by atoms with Crippen molar-refractivity contribution >= 4 is 34.1 Å². The van der Waals surface area contributed by atoms with Crippen LogP contribution in [0.1, 0.15) is 28.1 Å². The normalized spacial score (nSPS) is 10.6. The zero-order valence-electron chi connectivity index (χ0n) is 12.2. The highest BCUT2D eigenvalue weighted by molar-refractivity contribution is 7.99. The van der Waals surface area contributed by atoms with Gasteiger partial charge in [0.2, 0.25) is 5.16 Å².